The lowest BCUT2D eigenvalue weighted by Crippen LogP contribution is -2.14. The number of carbonyl (C=O) groups excluding carboxylic acids is 1. The van der Waals surface area contributed by atoms with Crippen LogP contribution in [0.15, 0.2) is 65.1 Å². The van der Waals surface area contributed by atoms with Crippen molar-refractivity contribution in [3.8, 4) is 17.3 Å². The molecule has 0 unspecified atom stereocenters. The fourth-order valence-corrected chi connectivity index (χ4v) is 2.87. The molecule has 4 nitrogen and oxygen atoms in total. The summed E-state index contributed by atoms with van der Waals surface area (Å²) in [4.78, 5) is 17.0. The summed E-state index contributed by atoms with van der Waals surface area (Å²) >= 11 is 3.45. The third-order valence-electron chi connectivity index (χ3n) is 3.70. The SMILES string of the molecule is Cc1nc(-c2cccc(Br)c2)ccc1C(=O)Nc1cccc(C#N)c1. The Morgan fingerprint density at radius 3 is 2.64 bits per heavy atom. The van der Waals surface area contributed by atoms with Gasteiger partial charge in [0.1, 0.15) is 0 Å². The normalized spacial score (nSPS) is 10.1. The summed E-state index contributed by atoms with van der Waals surface area (Å²) in [6, 6.07) is 20.3. The molecular formula is C20H14BrN3O. The number of amides is 1. The molecule has 0 radical (unpaired) electrons. The van der Waals surface area contributed by atoms with Crippen LogP contribution in [-0.2, 0) is 0 Å². The van der Waals surface area contributed by atoms with Crippen LogP contribution in [0, 0.1) is 18.3 Å². The van der Waals surface area contributed by atoms with Crippen LogP contribution in [0.1, 0.15) is 21.6 Å². The van der Waals surface area contributed by atoms with Gasteiger partial charge in [0.05, 0.1) is 28.6 Å². The van der Waals surface area contributed by atoms with E-state index in [9.17, 15) is 4.79 Å². The quantitative estimate of drug-likeness (QED) is 0.686. The molecule has 0 fully saturated rings. The number of aryl methyl sites for hydroxylation is 1. The molecule has 3 aromatic rings. The van der Waals surface area contributed by atoms with E-state index in [1.165, 1.54) is 0 Å². The lowest BCUT2D eigenvalue weighted by molar-refractivity contribution is 0.102. The monoisotopic (exact) mass is 391 g/mol. The average Bonchev–Trinajstić information content (AvgIpc) is 2.61. The molecule has 0 saturated carbocycles. The van der Waals surface area contributed by atoms with E-state index >= 15 is 0 Å². The number of carbonyl (C=O) groups is 1. The van der Waals surface area contributed by atoms with Gasteiger partial charge < -0.3 is 5.32 Å². The first-order valence-electron chi connectivity index (χ1n) is 7.62. The minimum absolute atomic E-state index is 0.249. The number of nitrogens with zero attached hydrogens (tertiary/aromatic N) is 2. The number of aromatic nitrogens is 1. The van der Waals surface area contributed by atoms with Crippen LogP contribution >= 0.6 is 15.9 Å². The summed E-state index contributed by atoms with van der Waals surface area (Å²) in [6.07, 6.45) is 0. The third-order valence-corrected chi connectivity index (χ3v) is 4.19. The highest BCUT2D eigenvalue weighted by molar-refractivity contribution is 9.10. The van der Waals surface area contributed by atoms with E-state index in [0.717, 1.165) is 15.7 Å². The van der Waals surface area contributed by atoms with Crippen LogP contribution < -0.4 is 5.32 Å². The van der Waals surface area contributed by atoms with Gasteiger partial charge in [-0.3, -0.25) is 9.78 Å². The molecule has 1 N–H and O–H groups in total. The highest BCUT2D eigenvalue weighted by Gasteiger charge is 2.12. The maximum Gasteiger partial charge on any atom is 0.257 e. The molecule has 1 amide bonds. The molecule has 0 saturated heterocycles. The minimum Gasteiger partial charge on any atom is -0.322 e. The van der Waals surface area contributed by atoms with Crippen LogP contribution in [0.2, 0.25) is 0 Å². The third kappa shape index (κ3) is 3.93. The van der Waals surface area contributed by atoms with Gasteiger partial charge in [-0.25, -0.2) is 0 Å². The van der Waals surface area contributed by atoms with Gasteiger partial charge in [-0.2, -0.15) is 5.26 Å². The molecule has 0 aliphatic rings. The van der Waals surface area contributed by atoms with Crippen molar-refractivity contribution >= 4 is 27.5 Å². The molecular weight excluding hydrogens is 378 g/mol. The zero-order valence-corrected chi connectivity index (χ0v) is 15.0. The van der Waals surface area contributed by atoms with Gasteiger partial charge in [0, 0.05) is 15.7 Å². The van der Waals surface area contributed by atoms with Gasteiger partial charge >= 0.3 is 0 Å². The maximum atomic E-state index is 12.5. The number of hydrogen-bond donors (Lipinski definition) is 1. The van der Waals surface area contributed by atoms with Crippen molar-refractivity contribution < 1.29 is 4.79 Å². The van der Waals surface area contributed by atoms with Crippen LogP contribution in [0.4, 0.5) is 5.69 Å². The van der Waals surface area contributed by atoms with Gasteiger partial charge in [0.15, 0.2) is 0 Å². The van der Waals surface area contributed by atoms with Crippen molar-refractivity contribution in [2.75, 3.05) is 5.32 Å². The topological polar surface area (TPSA) is 65.8 Å². The zero-order valence-electron chi connectivity index (χ0n) is 13.5. The average molecular weight is 392 g/mol. The number of pyridine rings is 1. The highest BCUT2D eigenvalue weighted by atomic mass is 79.9. The van der Waals surface area contributed by atoms with Gasteiger partial charge in [-0.1, -0.05) is 34.1 Å². The summed E-state index contributed by atoms with van der Waals surface area (Å²) in [5, 5.41) is 11.7. The van der Waals surface area contributed by atoms with Crippen molar-refractivity contribution in [2.24, 2.45) is 0 Å². The molecule has 0 bridgehead atoms. The molecule has 122 valence electrons. The van der Waals surface area contributed by atoms with Gasteiger partial charge in [0.2, 0.25) is 0 Å². The molecule has 25 heavy (non-hydrogen) atoms. The largest absolute Gasteiger partial charge is 0.322 e. The minimum atomic E-state index is -0.249. The summed E-state index contributed by atoms with van der Waals surface area (Å²) in [7, 11) is 0. The standard InChI is InChI=1S/C20H14BrN3O/c1-13-18(20(25)24-17-7-2-4-14(10-17)12-22)8-9-19(23-13)15-5-3-6-16(21)11-15/h2-11H,1H3,(H,24,25). The number of benzene rings is 2. The predicted molar refractivity (Wildman–Crippen MR) is 101 cm³/mol. The van der Waals surface area contributed by atoms with Crippen LogP contribution in [-0.4, -0.2) is 10.9 Å². The summed E-state index contributed by atoms with van der Waals surface area (Å²) < 4.78 is 0.976. The molecule has 5 heteroatoms. The zero-order chi connectivity index (χ0) is 17.8. The van der Waals surface area contributed by atoms with Crippen molar-refractivity contribution in [1.29, 1.82) is 5.26 Å². The number of anilines is 1. The number of nitriles is 1. The van der Waals surface area contributed by atoms with E-state index in [0.29, 0.717) is 22.5 Å². The van der Waals surface area contributed by atoms with Crippen LogP contribution in [0.5, 0.6) is 0 Å². The fourth-order valence-electron chi connectivity index (χ4n) is 2.47. The molecule has 1 heterocycles. The Kier molecular flexibility index (Phi) is 4.92. The molecule has 0 aliphatic carbocycles. The Morgan fingerprint density at radius 2 is 1.92 bits per heavy atom. The Labute approximate surface area is 154 Å². The first kappa shape index (κ1) is 16.9. The number of rotatable bonds is 3. The molecule has 1 aromatic heterocycles. The van der Waals surface area contributed by atoms with Crippen molar-refractivity contribution in [1.82, 2.24) is 4.98 Å². The molecule has 3 rings (SSSR count). The Hall–Kier alpha value is -2.97. The second-order valence-electron chi connectivity index (χ2n) is 5.49. The van der Waals surface area contributed by atoms with E-state index in [-0.39, 0.29) is 5.91 Å². The molecule has 0 spiro atoms. The predicted octanol–water partition coefficient (Wildman–Crippen LogP) is 4.94. The highest BCUT2D eigenvalue weighted by Crippen LogP contribution is 2.23. The first-order valence-corrected chi connectivity index (χ1v) is 8.41. The Bertz CT molecular complexity index is 992. The van der Waals surface area contributed by atoms with E-state index in [1.807, 2.05) is 37.3 Å². The Balaban J connectivity index is 1.85. The lowest BCUT2D eigenvalue weighted by atomic mass is 10.1. The fraction of sp³-hybridized carbons (Fsp3) is 0.0500. The number of nitrogens with one attached hydrogen (secondary N) is 1. The van der Waals surface area contributed by atoms with E-state index in [4.69, 9.17) is 5.26 Å². The second-order valence-corrected chi connectivity index (χ2v) is 6.40. The lowest BCUT2D eigenvalue weighted by Gasteiger charge is -2.09. The van der Waals surface area contributed by atoms with Gasteiger partial charge in [-0.05, 0) is 49.4 Å². The van der Waals surface area contributed by atoms with E-state index in [1.54, 1.807) is 30.3 Å². The molecule has 2 aromatic carbocycles. The summed E-state index contributed by atoms with van der Waals surface area (Å²) in [5.41, 5.74) is 4.01. The van der Waals surface area contributed by atoms with E-state index < -0.39 is 0 Å². The van der Waals surface area contributed by atoms with Crippen LogP contribution in [0.3, 0.4) is 0 Å². The molecule has 0 atom stereocenters. The van der Waals surface area contributed by atoms with Crippen LogP contribution in [0.25, 0.3) is 11.3 Å². The van der Waals surface area contributed by atoms with Crippen molar-refractivity contribution in [3.05, 3.63) is 82.0 Å². The van der Waals surface area contributed by atoms with E-state index in [2.05, 4.69) is 32.3 Å². The summed E-state index contributed by atoms with van der Waals surface area (Å²) in [6.45, 7) is 1.81. The Morgan fingerprint density at radius 1 is 1.12 bits per heavy atom. The smallest absolute Gasteiger partial charge is 0.257 e. The first-order chi connectivity index (χ1) is 12.1. The number of halogens is 1. The van der Waals surface area contributed by atoms with Gasteiger partial charge in [0.25, 0.3) is 5.91 Å². The van der Waals surface area contributed by atoms with Gasteiger partial charge in [-0.15, -0.1) is 0 Å². The maximum absolute atomic E-state index is 12.5. The van der Waals surface area contributed by atoms with Crippen molar-refractivity contribution in [3.63, 3.8) is 0 Å². The number of hydrogen-bond acceptors (Lipinski definition) is 3. The molecule has 0 aliphatic heterocycles. The second kappa shape index (κ2) is 7.29. The van der Waals surface area contributed by atoms with Crippen molar-refractivity contribution in [2.45, 2.75) is 6.92 Å². The summed E-state index contributed by atoms with van der Waals surface area (Å²) in [5.74, 6) is -0.249.